The molecule has 8 heteroatoms. The quantitative estimate of drug-likeness (QED) is 0.681. The first-order valence-corrected chi connectivity index (χ1v) is 1.24. The molecule has 0 heterocycles. The van der Waals surface area contributed by atoms with Crippen molar-refractivity contribution in [3.05, 3.63) is 0 Å². The van der Waals surface area contributed by atoms with E-state index in [0.717, 1.165) is 0 Å². The second-order valence-electron chi connectivity index (χ2n) is 0.803. The van der Waals surface area contributed by atoms with Crippen LogP contribution in [0.4, 0.5) is 13.2 Å². The Hall–Kier alpha value is 0.130. The molecule has 2 nitrogen and oxygen atoms in total. The molecule has 0 bridgehead atoms. The largest absolute Gasteiger partial charge is 0.490 e. The summed E-state index contributed by atoms with van der Waals surface area (Å²) in [5, 5.41) is 7.12. The van der Waals surface area contributed by atoms with Crippen LogP contribution in [-0.2, 0) is 4.79 Å². The first kappa shape index (κ1) is 22.5. The Labute approximate surface area is 73.0 Å². The van der Waals surface area contributed by atoms with Crippen molar-refractivity contribution in [3.63, 3.8) is 0 Å². The molecular formula is C2H4Cl3F3O2. The average molecular weight is 223 g/mol. The summed E-state index contributed by atoms with van der Waals surface area (Å²) in [6.07, 6.45) is -5.08. The summed E-state index contributed by atoms with van der Waals surface area (Å²) in [5.41, 5.74) is 0. The van der Waals surface area contributed by atoms with Crippen molar-refractivity contribution in [1.29, 1.82) is 0 Å². The summed E-state index contributed by atoms with van der Waals surface area (Å²) in [7, 11) is 0. The highest BCUT2D eigenvalue weighted by molar-refractivity contribution is 5.86. The van der Waals surface area contributed by atoms with E-state index >= 15 is 0 Å². The van der Waals surface area contributed by atoms with Crippen LogP contribution in [0.15, 0.2) is 0 Å². The van der Waals surface area contributed by atoms with Crippen LogP contribution >= 0.6 is 37.2 Å². The molecule has 0 spiro atoms. The third-order valence-electron chi connectivity index (χ3n) is 0.243. The van der Waals surface area contributed by atoms with E-state index in [1.807, 2.05) is 0 Å². The van der Waals surface area contributed by atoms with Crippen LogP contribution in [0, 0.1) is 0 Å². The highest BCUT2D eigenvalue weighted by atomic mass is 35.5. The van der Waals surface area contributed by atoms with Crippen molar-refractivity contribution >= 4 is 43.2 Å². The maximum atomic E-state index is 10.6. The van der Waals surface area contributed by atoms with E-state index < -0.39 is 12.1 Å². The predicted molar refractivity (Wildman–Crippen MR) is 35.4 cm³/mol. The third-order valence-corrected chi connectivity index (χ3v) is 0.243. The Balaban J connectivity index is -0.0000000600. The lowest BCUT2D eigenvalue weighted by Gasteiger charge is -1.93. The van der Waals surface area contributed by atoms with E-state index in [1.165, 1.54) is 0 Å². The molecule has 10 heavy (non-hydrogen) atoms. The van der Waals surface area contributed by atoms with Crippen molar-refractivity contribution in [3.8, 4) is 0 Å². The van der Waals surface area contributed by atoms with Crippen LogP contribution < -0.4 is 0 Å². The van der Waals surface area contributed by atoms with Gasteiger partial charge in [-0.25, -0.2) is 4.79 Å². The SMILES string of the molecule is Cl.Cl.Cl.O=C(O)C(F)(F)F. The lowest BCUT2D eigenvalue weighted by Crippen LogP contribution is -2.21. The molecule has 0 radical (unpaired) electrons. The molecule has 0 unspecified atom stereocenters. The van der Waals surface area contributed by atoms with Gasteiger partial charge in [0.1, 0.15) is 0 Å². The second kappa shape index (κ2) is 7.24. The summed E-state index contributed by atoms with van der Waals surface area (Å²) in [6, 6.07) is 0. The molecule has 0 aliphatic rings. The van der Waals surface area contributed by atoms with E-state index in [9.17, 15) is 13.2 Å². The van der Waals surface area contributed by atoms with Crippen molar-refractivity contribution in [2.75, 3.05) is 0 Å². The third kappa shape index (κ3) is 11.0. The molecule has 0 aromatic carbocycles. The highest BCUT2D eigenvalue weighted by Crippen LogP contribution is 2.13. The van der Waals surface area contributed by atoms with Gasteiger partial charge in [0.2, 0.25) is 0 Å². The fourth-order valence-electron chi connectivity index (χ4n) is 0. The van der Waals surface area contributed by atoms with E-state index in [1.54, 1.807) is 0 Å². The van der Waals surface area contributed by atoms with Gasteiger partial charge in [0, 0.05) is 0 Å². The van der Waals surface area contributed by atoms with Gasteiger partial charge >= 0.3 is 12.1 Å². The van der Waals surface area contributed by atoms with Crippen LogP contribution in [0.3, 0.4) is 0 Å². The number of carbonyl (C=O) groups is 1. The van der Waals surface area contributed by atoms with Gasteiger partial charge in [-0.15, -0.1) is 37.2 Å². The maximum absolute atomic E-state index is 10.6. The fraction of sp³-hybridized carbons (Fsp3) is 0.500. The zero-order valence-corrected chi connectivity index (χ0v) is 6.66. The number of halogens is 6. The number of carboxylic acids is 1. The number of aliphatic carboxylic acids is 1. The molecule has 0 aromatic heterocycles. The molecule has 0 saturated carbocycles. The minimum Gasteiger partial charge on any atom is -0.475 e. The van der Waals surface area contributed by atoms with Crippen LogP contribution in [0.1, 0.15) is 0 Å². The number of hydrogen-bond donors (Lipinski definition) is 1. The highest BCUT2D eigenvalue weighted by Gasteiger charge is 2.38. The molecule has 0 aromatic rings. The van der Waals surface area contributed by atoms with Crippen LogP contribution in [0.2, 0.25) is 0 Å². The molecule has 66 valence electrons. The van der Waals surface area contributed by atoms with Gasteiger partial charge in [0.25, 0.3) is 0 Å². The molecule has 0 fully saturated rings. The van der Waals surface area contributed by atoms with E-state index in [0.29, 0.717) is 0 Å². The maximum Gasteiger partial charge on any atom is 0.490 e. The molecular weight excluding hydrogens is 219 g/mol. The summed E-state index contributed by atoms with van der Waals surface area (Å²) in [6.45, 7) is 0. The zero-order valence-electron chi connectivity index (χ0n) is 4.21. The van der Waals surface area contributed by atoms with Gasteiger partial charge in [-0.05, 0) is 0 Å². The summed E-state index contributed by atoms with van der Waals surface area (Å²) in [5.74, 6) is -2.76. The number of hydrogen-bond acceptors (Lipinski definition) is 1. The number of alkyl halides is 3. The normalized spacial score (nSPS) is 7.90. The molecule has 1 N–H and O–H groups in total. The van der Waals surface area contributed by atoms with Gasteiger partial charge in [0.15, 0.2) is 0 Å². The van der Waals surface area contributed by atoms with Gasteiger partial charge < -0.3 is 5.11 Å². The number of carboxylic acid groups (broad SMARTS) is 1. The summed E-state index contributed by atoms with van der Waals surface area (Å²) >= 11 is 0. The predicted octanol–water partition coefficient (Wildman–Crippen LogP) is 1.90. The minimum absolute atomic E-state index is 0. The molecule has 0 rings (SSSR count). The fourth-order valence-corrected chi connectivity index (χ4v) is 0. The lowest BCUT2D eigenvalue weighted by atomic mass is 10.7. The van der Waals surface area contributed by atoms with E-state index in [-0.39, 0.29) is 37.2 Å². The molecule has 0 aliphatic carbocycles. The zero-order chi connectivity index (χ0) is 6.08. The van der Waals surface area contributed by atoms with Gasteiger partial charge in [0.05, 0.1) is 0 Å². The van der Waals surface area contributed by atoms with Crippen LogP contribution in [-0.4, -0.2) is 17.3 Å². The van der Waals surface area contributed by atoms with E-state index in [2.05, 4.69) is 0 Å². The van der Waals surface area contributed by atoms with E-state index in [4.69, 9.17) is 9.90 Å². The first-order valence-electron chi connectivity index (χ1n) is 1.24. The Morgan fingerprint density at radius 3 is 1.20 bits per heavy atom. The standard InChI is InChI=1S/C2HF3O2.3ClH/c3-2(4,5)1(6)7;;;/h(H,6,7);3*1H. The van der Waals surface area contributed by atoms with Crippen LogP contribution in [0.25, 0.3) is 0 Å². The first-order chi connectivity index (χ1) is 2.94. The molecule has 0 atom stereocenters. The van der Waals surface area contributed by atoms with Crippen molar-refractivity contribution in [1.82, 2.24) is 0 Å². The summed E-state index contributed by atoms with van der Waals surface area (Å²) < 4.78 is 31.7. The Morgan fingerprint density at radius 1 is 1.10 bits per heavy atom. The minimum atomic E-state index is -5.08. The van der Waals surface area contributed by atoms with Gasteiger partial charge in [-0.1, -0.05) is 0 Å². The topological polar surface area (TPSA) is 37.3 Å². The average Bonchev–Trinajstić information content (AvgIpc) is 1.31. The number of rotatable bonds is 0. The molecule has 0 amide bonds. The Kier molecular flexibility index (Phi) is 16.3. The van der Waals surface area contributed by atoms with Crippen molar-refractivity contribution in [2.24, 2.45) is 0 Å². The smallest absolute Gasteiger partial charge is 0.475 e. The Morgan fingerprint density at radius 2 is 1.20 bits per heavy atom. The van der Waals surface area contributed by atoms with Crippen molar-refractivity contribution in [2.45, 2.75) is 6.18 Å². The van der Waals surface area contributed by atoms with Crippen LogP contribution in [0.5, 0.6) is 0 Å². The molecule has 0 saturated heterocycles. The summed E-state index contributed by atoms with van der Waals surface area (Å²) in [4.78, 5) is 8.90. The van der Waals surface area contributed by atoms with Crippen molar-refractivity contribution < 1.29 is 23.1 Å². The molecule has 0 aliphatic heterocycles. The Bertz CT molecular complexity index is 92.2. The monoisotopic (exact) mass is 222 g/mol. The van der Waals surface area contributed by atoms with Gasteiger partial charge in [-0.3, -0.25) is 0 Å². The second-order valence-corrected chi connectivity index (χ2v) is 0.803. The lowest BCUT2D eigenvalue weighted by molar-refractivity contribution is -0.192. The van der Waals surface area contributed by atoms with Gasteiger partial charge in [-0.2, -0.15) is 13.2 Å².